The van der Waals surface area contributed by atoms with Gasteiger partial charge in [-0.3, -0.25) is 19.3 Å². The molecule has 2 aromatic rings. The Labute approximate surface area is 168 Å². The molecule has 0 saturated heterocycles. The van der Waals surface area contributed by atoms with Crippen LogP contribution in [0.2, 0.25) is 0 Å². The lowest BCUT2D eigenvalue weighted by Gasteiger charge is -2.35. The summed E-state index contributed by atoms with van der Waals surface area (Å²) in [4.78, 5) is 38.2. The number of imide groups is 1. The average Bonchev–Trinajstić information content (AvgIpc) is 2.97. The minimum Gasteiger partial charge on any atom is -0.497 e. The van der Waals surface area contributed by atoms with Crippen molar-refractivity contribution in [1.82, 2.24) is 10.2 Å². The first kappa shape index (κ1) is 19.1. The smallest absolute Gasteiger partial charge is 0.262 e. The van der Waals surface area contributed by atoms with Crippen molar-refractivity contribution in [2.75, 3.05) is 20.2 Å². The van der Waals surface area contributed by atoms with Crippen molar-refractivity contribution in [2.45, 2.75) is 24.9 Å². The zero-order valence-electron chi connectivity index (χ0n) is 16.1. The lowest BCUT2D eigenvalue weighted by Crippen LogP contribution is -2.46. The van der Waals surface area contributed by atoms with Crippen LogP contribution in [0.5, 0.6) is 5.75 Å². The molecule has 7 heteroatoms. The van der Waals surface area contributed by atoms with Gasteiger partial charge in [-0.2, -0.15) is 0 Å². The number of nitrogens with one attached hydrogen (secondary N) is 1. The highest BCUT2D eigenvalue weighted by molar-refractivity contribution is 6.22. The molecule has 1 atom stereocenters. The molecule has 2 aliphatic rings. The van der Waals surface area contributed by atoms with E-state index in [4.69, 9.17) is 4.74 Å². The third kappa shape index (κ3) is 3.38. The summed E-state index contributed by atoms with van der Waals surface area (Å²) in [7, 11) is 1.59. The molecule has 1 unspecified atom stereocenters. The van der Waals surface area contributed by atoms with E-state index in [1.165, 1.54) is 0 Å². The summed E-state index contributed by atoms with van der Waals surface area (Å²) < 4.78 is 5.25. The molecule has 0 aromatic heterocycles. The van der Waals surface area contributed by atoms with Crippen molar-refractivity contribution in [3.05, 3.63) is 64.7 Å². The summed E-state index contributed by atoms with van der Waals surface area (Å²) in [5, 5.41) is 13.8. The number of rotatable bonds is 5. The molecule has 0 saturated carbocycles. The Morgan fingerprint density at radius 1 is 1.17 bits per heavy atom. The molecular formula is C22H22N2O5. The van der Waals surface area contributed by atoms with Crippen LogP contribution in [0.3, 0.4) is 0 Å². The first-order valence-corrected chi connectivity index (χ1v) is 9.54. The number of ether oxygens (including phenoxy) is 1. The van der Waals surface area contributed by atoms with Crippen LogP contribution in [-0.2, 0) is 16.8 Å². The molecule has 7 nitrogen and oxygen atoms in total. The standard InChI is InChI=1S/C22H22N2O5/c1-29-15-8-9-18-14(11-15)5-4-10-22(18,28)13-23-19(25)12-24-20(26)16-6-2-3-7-17(16)21(24)27/h2-3,6-9,11,28H,4-5,10,12-13H2,1H3,(H,23,25). The molecule has 0 bridgehead atoms. The molecule has 1 aliphatic carbocycles. The molecule has 2 aromatic carbocycles. The summed E-state index contributed by atoms with van der Waals surface area (Å²) in [6.07, 6.45) is 2.13. The minimum atomic E-state index is -1.20. The van der Waals surface area contributed by atoms with Crippen LogP contribution < -0.4 is 10.1 Å². The highest BCUT2D eigenvalue weighted by Crippen LogP contribution is 2.36. The normalized spacial score (nSPS) is 20.3. The van der Waals surface area contributed by atoms with Gasteiger partial charge in [-0.1, -0.05) is 18.2 Å². The van der Waals surface area contributed by atoms with E-state index in [9.17, 15) is 19.5 Å². The summed E-state index contributed by atoms with van der Waals surface area (Å²) in [6, 6.07) is 12.0. The number of hydrogen-bond donors (Lipinski definition) is 2. The van der Waals surface area contributed by atoms with Crippen molar-refractivity contribution >= 4 is 17.7 Å². The Morgan fingerprint density at radius 2 is 1.86 bits per heavy atom. The van der Waals surface area contributed by atoms with Gasteiger partial charge in [0.1, 0.15) is 17.9 Å². The quantitative estimate of drug-likeness (QED) is 0.752. The van der Waals surface area contributed by atoms with Gasteiger partial charge in [-0.15, -0.1) is 0 Å². The molecule has 4 rings (SSSR count). The van der Waals surface area contributed by atoms with Gasteiger partial charge >= 0.3 is 0 Å². The maximum absolute atomic E-state index is 12.5. The minimum absolute atomic E-state index is 0.00827. The fourth-order valence-electron chi connectivity index (χ4n) is 4.07. The van der Waals surface area contributed by atoms with Crippen LogP contribution in [0.1, 0.15) is 44.7 Å². The van der Waals surface area contributed by atoms with E-state index in [2.05, 4.69) is 5.32 Å². The third-order valence-corrected chi connectivity index (χ3v) is 5.61. The van der Waals surface area contributed by atoms with Gasteiger partial charge in [-0.05, 0) is 54.7 Å². The highest BCUT2D eigenvalue weighted by atomic mass is 16.5. The first-order valence-electron chi connectivity index (χ1n) is 9.54. The van der Waals surface area contributed by atoms with Gasteiger partial charge in [-0.25, -0.2) is 0 Å². The van der Waals surface area contributed by atoms with Crippen LogP contribution in [-0.4, -0.2) is 47.9 Å². The van der Waals surface area contributed by atoms with Crippen LogP contribution >= 0.6 is 0 Å². The van der Waals surface area contributed by atoms with E-state index in [1.807, 2.05) is 12.1 Å². The summed E-state index contributed by atoms with van der Waals surface area (Å²) in [5.74, 6) is -0.722. The van der Waals surface area contributed by atoms with Gasteiger partial charge in [0.15, 0.2) is 0 Å². The fourth-order valence-corrected chi connectivity index (χ4v) is 4.07. The van der Waals surface area contributed by atoms with Crippen molar-refractivity contribution in [1.29, 1.82) is 0 Å². The van der Waals surface area contributed by atoms with Crippen molar-refractivity contribution in [3.63, 3.8) is 0 Å². The highest BCUT2D eigenvalue weighted by Gasteiger charge is 2.38. The molecule has 3 amide bonds. The van der Waals surface area contributed by atoms with Crippen molar-refractivity contribution < 1.29 is 24.2 Å². The zero-order chi connectivity index (χ0) is 20.6. The van der Waals surface area contributed by atoms with E-state index in [0.29, 0.717) is 17.5 Å². The van der Waals surface area contributed by atoms with Crippen LogP contribution in [0.25, 0.3) is 0 Å². The number of aliphatic hydroxyl groups is 1. The van der Waals surface area contributed by atoms with Gasteiger partial charge in [0.25, 0.3) is 11.8 Å². The average molecular weight is 394 g/mol. The molecule has 2 N–H and O–H groups in total. The Kier molecular flexibility index (Phi) is 4.84. The number of aryl methyl sites for hydroxylation is 1. The zero-order valence-corrected chi connectivity index (χ0v) is 16.1. The first-order chi connectivity index (χ1) is 13.9. The molecule has 0 radical (unpaired) electrons. The van der Waals surface area contributed by atoms with E-state index >= 15 is 0 Å². The van der Waals surface area contributed by atoms with Crippen molar-refractivity contribution in [2.24, 2.45) is 0 Å². The monoisotopic (exact) mass is 394 g/mol. The van der Waals surface area contributed by atoms with E-state index < -0.39 is 23.3 Å². The number of benzene rings is 2. The van der Waals surface area contributed by atoms with Crippen molar-refractivity contribution in [3.8, 4) is 5.75 Å². The second-order valence-corrected chi connectivity index (χ2v) is 7.43. The number of carbonyl (C=O) groups is 3. The number of nitrogens with zero attached hydrogens (tertiary/aromatic N) is 1. The van der Waals surface area contributed by atoms with Gasteiger partial charge in [0, 0.05) is 0 Å². The van der Waals surface area contributed by atoms with E-state index in [0.717, 1.165) is 34.6 Å². The van der Waals surface area contributed by atoms with Crippen LogP contribution in [0, 0.1) is 0 Å². The van der Waals surface area contributed by atoms with Gasteiger partial charge in [0.05, 0.1) is 24.8 Å². The summed E-state index contributed by atoms with van der Waals surface area (Å²) >= 11 is 0. The predicted octanol–water partition coefficient (Wildman–Crippen LogP) is 1.63. The fraction of sp³-hybridized carbons (Fsp3) is 0.318. The maximum atomic E-state index is 12.5. The third-order valence-electron chi connectivity index (χ3n) is 5.61. The molecule has 0 fully saturated rings. The number of carbonyl (C=O) groups excluding carboxylic acids is 3. The molecule has 1 aliphatic heterocycles. The summed E-state index contributed by atoms with van der Waals surface area (Å²) in [6.45, 7) is -0.369. The molecular weight excluding hydrogens is 372 g/mol. The molecule has 0 spiro atoms. The van der Waals surface area contributed by atoms with E-state index in [1.54, 1.807) is 37.4 Å². The second-order valence-electron chi connectivity index (χ2n) is 7.43. The van der Waals surface area contributed by atoms with E-state index in [-0.39, 0.29) is 13.1 Å². The van der Waals surface area contributed by atoms with Crippen LogP contribution in [0.4, 0.5) is 0 Å². The number of fused-ring (bicyclic) bond motifs is 2. The Morgan fingerprint density at radius 3 is 2.52 bits per heavy atom. The van der Waals surface area contributed by atoms with Gasteiger partial charge < -0.3 is 15.2 Å². The topological polar surface area (TPSA) is 95.9 Å². The number of methoxy groups -OCH3 is 1. The summed E-state index contributed by atoms with van der Waals surface area (Å²) in [5.41, 5.74) is 1.17. The lowest BCUT2D eigenvalue weighted by atomic mass is 9.79. The largest absolute Gasteiger partial charge is 0.497 e. The Balaban J connectivity index is 1.43. The van der Waals surface area contributed by atoms with Gasteiger partial charge in [0.2, 0.25) is 5.91 Å². The SMILES string of the molecule is COc1ccc2c(c1)CCCC2(O)CNC(=O)CN1C(=O)c2ccccc2C1=O. The molecule has 29 heavy (non-hydrogen) atoms. The molecule has 150 valence electrons. The molecule has 1 heterocycles. The van der Waals surface area contributed by atoms with Crippen LogP contribution in [0.15, 0.2) is 42.5 Å². The Hall–Kier alpha value is -3.19. The predicted molar refractivity (Wildman–Crippen MR) is 105 cm³/mol. The number of hydrogen-bond acceptors (Lipinski definition) is 5. The number of amides is 3. The Bertz CT molecular complexity index is 967. The maximum Gasteiger partial charge on any atom is 0.262 e. The second kappa shape index (κ2) is 7.33. The lowest BCUT2D eigenvalue weighted by molar-refractivity contribution is -0.123.